The van der Waals surface area contributed by atoms with Gasteiger partial charge in [0.05, 0.1) is 12.6 Å². The van der Waals surface area contributed by atoms with E-state index in [0.717, 1.165) is 76.2 Å². The molecule has 1 amide bonds. The van der Waals surface area contributed by atoms with E-state index in [2.05, 4.69) is 10.1 Å². The molecule has 0 saturated carbocycles. The van der Waals surface area contributed by atoms with E-state index in [1.54, 1.807) is 0 Å². The van der Waals surface area contributed by atoms with Crippen molar-refractivity contribution < 1.29 is 14.1 Å². The highest BCUT2D eigenvalue weighted by Gasteiger charge is 2.27. The summed E-state index contributed by atoms with van der Waals surface area (Å²) in [5, 5.41) is 4.33. The van der Waals surface area contributed by atoms with Gasteiger partial charge in [-0.05, 0) is 44.9 Å². The second kappa shape index (κ2) is 7.87. The van der Waals surface area contributed by atoms with Gasteiger partial charge in [-0.3, -0.25) is 9.69 Å². The van der Waals surface area contributed by atoms with Crippen LogP contribution in [0.2, 0.25) is 0 Å². The average Bonchev–Trinajstić information content (AvgIpc) is 3.37. The summed E-state index contributed by atoms with van der Waals surface area (Å²) >= 11 is 0. The van der Waals surface area contributed by atoms with Crippen LogP contribution < -0.4 is 0 Å². The molecule has 1 atom stereocenters. The number of hydrogen-bond donors (Lipinski definition) is 0. The Morgan fingerprint density at radius 3 is 2.80 bits per heavy atom. The van der Waals surface area contributed by atoms with Gasteiger partial charge in [-0.15, -0.1) is 0 Å². The predicted molar refractivity (Wildman–Crippen MR) is 93.2 cm³/mol. The summed E-state index contributed by atoms with van der Waals surface area (Å²) in [6.45, 7) is 4.62. The fourth-order valence-corrected chi connectivity index (χ4v) is 4.30. The predicted octanol–water partition coefficient (Wildman–Crippen LogP) is 2.16. The van der Waals surface area contributed by atoms with Gasteiger partial charge in [0.25, 0.3) is 0 Å². The van der Waals surface area contributed by atoms with E-state index in [4.69, 9.17) is 9.26 Å². The van der Waals surface area contributed by atoms with Gasteiger partial charge < -0.3 is 14.2 Å². The zero-order valence-corrected chi connectivity index (χ0v) is 15.0. The van der Waals surface area contributed by atoms with Crippen LogP contribution in [0.1, 0.15) is 55.5 Å². The minimum absolute atomic E-state index is 0.243. The van der Waals surface area contributed by atoms with E-state index >= 15 is 0 Å². The molecule has 6 nitrogen and oxygen atoms in total. The quantitative estimate of drug-likeness (QED) is 0.789. The van der Waals surface area contributed by atoms with E-state index in [-0.39, 0.29) is 12.0 Å². The van der Waals surface area contributed by atoms with Crippen LogP contribution in [0.3, 0.4) is 0 Å². The molecule has 138 valence electrons. The van der Waals surface area contributed by atoms with E-state index in [1.807, 2.05) is 4.90 Å². The minimum atomic E-state index is 0.243. The number of aromatic nitrogens is 1. The Morgan fingerprint density at radius 1 is 1.16 bits per heavy atom. The highest BCUT2D eigenvalue weighted by molar-refractivity contribution is 5.78. The summed E-state index contributed by atoms with van der Waals surface area (Å²) in [5.41, 5.74) is 2.32. The summed E-state index contributed by atoms with van der Waals surface area (Å²) in [4.78, 5) is 16.9. The first-order chi connectivity index (χ1) is 12.3. The van der Waals surface area contributed by atoms with Gasteiger partial charge in [-0.25, -0.2) is 0 Å². The summed E-state index contributed by atoms with van der Waals surface area (Å²) in [6.07, 6.45) is 9.18. The van der Waals surface area contributed by atoms with Crippen molar-refractivity contribution in [2.75, 3.05) is 32.8 Å². The zero-order valence-electron chi connectivity index (χ0n) is 15.0. The van der Waals surface area contributed by atoms with Crippen LogP contribution in [-0.2, 0) is 28.9 Å². The Morgan fingerprint density at radius 2 is 2.00 bits per heavy atom. The number of hydrogen-bond acceptors (Lipinski definition) is 5. The number of ether oxygens (including phenoxy) is 1. The number of carbonyl (C=O) groups is 1. The van der Waals surface area contributed by atoms with Gasteiger partial charge in [-0.1, -0.05) is 5.16 Å². The van der Waals surface area contributed by atoms with Crippen LogP contribution in [0.4, 0.5) is 0 Å². The number of fused-ring (bicyclic) bond motifs is 1. The summed E-state index contributed by atoms with van der Waals surface area (Å²) in [7, 11) is 0. The smallest absolute Gasteiger partial charge is 0.236 e. The lowest BCUT2D eigenvalue weighted by Gasteiger charge is -2.26. The van der Waals surface area contributed by atoms with Crippen molar-refractivity contribution >= 4 is 5.91 Å². The molecule has 0 unspecified atom stereocenters. The topological polar surface area (TPSA) is 58.8 Å². The summed E-state index contributed by atoms with van der Waals surface area (Å²) in [6, 6.07) is 0. The van der Waals surface area contributed by atoms with Crippen LogP contribution in [0.5, 0.6) is 0 Å². The van der Waals surface area contributed by atoms with E-state index in [9.17, 15) is 4.79 Å². The molecule has 25 heavy (non-hydrogen) atoms. The third-order valence-electron chi connectivity index (χ3n) is 5.71. The maximum Gasteiger partial charge on any atom is 0.236 e. The molecule has 0 spiro atoms. The van der Waals surface area contributed by atoms with Gasteiger partial charge in [0.2, 0.25) is 5.91 Å². The van der Waals surface area contributed by atoms with Crippen LogP contribution in [-0.4, -0.2) is 59.8 Å². The Balaban J connectivity index is 1.44. The molecule has 0 bridgehead atoms. The number of aryl methyl sites for hydroxylation is 1. The number of likely N-dealkylation sites (tertiary alicyclic amines) is 1. The van der Waals surface area contributed by atoms with E-state index in [1.165, 1.54) is 18.4 Å². The third-order valence-corrected chi connectivity index (χ3v) is 5.71. The molecule has 3 heterocycles. The lowest BCUT2D eigenvalue weighted by molar-refractivity contribution is -0.131. The molecule has 1 aromatic heterocycles. The minimum Gasteiger partial charge on any atom is -0.377 e. The standard InChI is InChI=1S/C19H29N3O3/c23-19(22-9-3-4-10-22)14-21(12-15-6-5-11-24-15)13-17-16-7-1-2-8-18(16)25-20-17/h15H,1-14H2/t15-/m0/s1. The number of nitrogens with zero attached hydrogens (tertiary/aromatic N) is 3. The molecule has 2 saturated heterocycles. The van der Waals surface area contributed by atoms with Crippen molar-refractivity contribution in [3.8, 4) is 0 Å². The molecule has 2 fully saturated rings. The fourth-order valence-electron chi connectivity index (χ4n) is 4.30. The molecule has 0 aromatic carbocycles. The molecular weight excluding hydrogens is 318 g/mol. The first kappa shape index (κ1) is 17.0. The highest BCUT2D eigenvalue weighted by Crippen LogP contribution is 2.25. The lowest BCUT2D eigenvalue weighted by atomic mass is 9.96. The maximum atomic E-state index is 12.6. The SMILES string of the molecule is O=C(CN(Cc1noc2c1CCCC2)C[C@@H]1CCCO1)N1CCCC1. The molecular formula is C19H29N3O3. The second-order valence-corrected chi connectivity index (χ2v) is 7.63. The Bertz CT molecular complexity index is 589. The fraction of sp³-hybridized carbons (Fsp3) is 0.789. The van der Waals surface area contributed by atoms with Gasteiger partial charge in [0, 0.05) is 44.8 Å². The Hall–Kier alpha value is -1.40. The summed E-state index contributed by atoms with van der Waals surface area (Å²) in [5.74, 6) is 1.30. The van der Waals surface area contributed by atoms with Crippen molar-refractivity contribution in [2.24, 2.45) is 0 Å². The van der Waals surface area contributed by atoms with Crippen LogP contribution in [0.15, 0.2) is 4.52 Å². The largest absolute Gasteiger partial charge is 0.377 e. The molecule has 4 rings (SSSR count). The first-order valence-electron chi connectivity index (χ1n) is 9.87. The third kappa shape index (κ3) is 4.06. The lowest BCUT2D eigenvalue weighted by Crippen LogP contribution is -2.41. The van der Waals surface area contributed by atoms with Crippen LogP contribution >= 0.6 is 0 Å². The average molecular weight is 347 g/mol. The number of rotatable bonds is 6. The zero-order chi connectivity index (χ0) is 17.1. The van der Waals surface area contributed by atoms with Crippen molar-refractivity contribution in [3.05, 3.63) is 17.0 Å². The molecule has 6 heteroatoms. The highest BCUT2D eigenvalue weighted by atomic mass is 16.5. The summed E-state index contributed by atoms with van der Waals surface area (Å²) < 4.78 is 11.4. The molecule has 2 aliphatic heterocycles. The number of amides is 1. The monoisotopic (exact) mass is 347 g/mol. The Kier molecular flexibility index (Phi) is 5.36. The Labute approximate surface area is 149 Å². The van der Waals surface area contributed by atoms with Crippen LogP contribution in [0.25, 0.3) is 0 Å². The molecule has 0 radical (unpaired) electrons. The van der Waals surface area contributed by atoms with Gasteiger partial charge >= 0.3 is 0 Å². The molecule has 0 N–H and O–H groups in total. The van der Waals surface area contributed by atoms with E-state index in [0.29, 0.717) is 13.1 Å². The second-order valence-electron chi connectivity index (χ2n) is 7.63. The molecule has 1 aliphatic carbocycles. The van der Waals surface area contributed by atoms with Crippen molar-refractivity contribution in [2.45, 2.75) is 64.0 Å². The van der Waals surface area contributed by atoms with E-state index < -0.39 is 0 Å². The first-order valence-corrected chi connectivity index (χ1v) is 9.87. The number of carbonyl (C=O) groups excluding carboxylic acids is 1. The van der Waals surface area contributed by atoms with Crippen molar-refractivity contribution in [3.63, 3.8) is 0 Å². The maximum absolute atomic E-state index is 12.6. The van der Waals surface area contributed by atoms with Crippen LogP contribution in [0, 0.1) is 0 Å². The molecule has 1 aromatic rings. The normalized spacial score (nSPS) is 23.4. The van der Waals surface area contributed by atoms with Gasteiger partial charge in [0.15, 0.2) is 0 Å². The van der Waals surface area contributed by atoms with Crippen molar-refractivity contribution in [1.29, 1.82) is 0 Å². The van der Waals surface area contributed by atoms with Gasteiger partial charge in [0.1, 0.15) is 11.5 Å². The van der Waals surface area contributed by atoms with Gasteiger partial charge in [-0.2, -0.15) is 0 Å². The molecule has 3 aliphatic rings. The van der Waals surface area contributed by atoms with Crippen molar-refractivity contribution in [1.82, 2.24) is 15.0 Å².